The number of amides is 1. The van der Waals surface area contributed by atoms with Gasteiger partial charge in [-0.3, -0.25) is 4.79 Å². The van der Waals surface area contributed by atoms with Crippen molar-refractivity contribution in [1.29, 1.82) is 0 Å². The van der Waals surface area contributed by atoms with Crippen LogP contribution in [0.1, 0.15) is 24.8 Å². The van der Waals surface area contributed by atoms with E-state index in [0.717, 1.165) is 24.8 Å². The zero-order valence-electron chi connectivity index (χ0n) is 16.3. The highest BCUT2D eigenvalue weighted by Gasteiger charge is 2.30. The third kappa shape index (κ3) is 3.95. The Morgan fingerprint density at radius 1 is 1.14 bits per heavy atom. The van der Waals surface area contributed by atoms with Gasteiger partial charge in [0, 0.05) is 19.5 Å². The first kappa shape index (κ1) is 19.7. The predicted molar refractivity (Wildman–Crippen MR) is 109 cm³/mol. The molecule has 1 atom stereocenters. The van der Waals surface area contributed by atoms with Crippen LogP contribution < -0.4 is 14.8 Å². The summed E-state index contributed by atoms with van der Waals surface area (Å²) in [7, 11) is -2.13. The fourth-order valence-corrected chi connectivity index (χ4v) is 5.28. The molecule has 0 radical (unpaired) electrons. The zero-order chi connectivity index (χ0) is 20.4. The minimum Gasteiger partial charge on any atom is -0.495 e. The highest BCUT2D eigenvalue weighted by Crippen LogP contribution is 2.32. The van der Waals surface area contributed by atoms with Gasteiger partial charge in [0.2, 0.25) is 10.0 Å². The van der Waals surface area contributed by atoms with Gasteiger partial charge in [-0.1, -0.05) is 24.6 Å². The molecule has 0 bridgehead atoms. The Bertz CT molecular complexity index is 990. The van der Waals surface area contributed by atoms with Crippen LogP contribution in [-0.2, 0) is 21.2 Å². The van der Waals surface area contributed by atoms with E-state index in [1.54, 1.807) is 6.07 Å². The molecule has 1 amide bonds. The van der Waals surface area contributed by atoms with Crippen molar-refractivity contribution in [1.82, 2.24) is 4.31 Å². The van der Waals surface area contributed by atoms with Crippen molar-refractivity contribution in [3.8, 4) is 11.5 Å². The molecule has 7 nitrogen and oxygen atoms in total. The maximum absolute atomic E-state index is 13.0. The van der Waals surface area contributed by atoms with Gasteiger partial charge in [-0.05, 0) is 42.7 Å². The largest absolute Gasteiger partial charge is 0.495 e. The second-order valence-electron chi connectivity index (χ2n) is 7.23. The van der Waals surface area contributed by atoms with E-state index >= 15 is 0 Å². The smallest absolute Gasteiger partial charge is 0.265 e. The number of hydrogen-bond acceptors (Lipinski definition) is 5. The number of methoxy groups -OCH3 is 1. The van der Waals surface area contributed by atoms with E-state index in [2.05, 4.69) is 5.32 Å². The van der Waals surface area contributed by atoms with Crippen LogP contribution in [-0.4, -0.2) is 44.9 Å². The summed E-state index contributed by atoms with van der Waals surface area (Å²) in [6.07, 6.45) is 2.56. The Labute approximate surface area is 170 Å². The number of piperidine rings is 1. The Morgan fingerprint density at radius 2 is 1.90 bits per heavy atom. The molecular weight excluding hydrogens is 392 g/mol. The number of carbonyl (C=O) groups is 1. The lowest BCUT2D eigenvalue weighted by Crippen LogP contribution is -2.35. The van der Waals surface area contributed by atoms with Gasteiger partial charge < -0.3 is 14.8 Å². The van der Waals surface area contributed by atoms with Crippen molar-refractivity contribution in [2.75, 3.05) is 25.5 Å². The van der Waals surface area contributed by atoms with E-state index < -0.39 is 16.1 Å². The molecule has 4 rings (SSSR count). The van der Waals surface area contributed by atoms with Crippen molar-refractivity contribution >= 4 is 21.6 Å². The van der Waals surface area contributed by atoms with E-state index in [1.807, 2.05) is 24.3 Å². The summed E-state index contributed by atoms with van der Waals surface area (Å²) in [6.45, 7) is 1.04. The molecule has 2 aromatic carbocycles. The van der Waals surface area contributed by atoms with Gasteiger partial charge in [0.25, 0.3) is 5.91 Å². The number of para-hydroxylation sites is 1. The first-order valence-electron chi connectivity index (χ1n) is 9.72. The normalized spacial score (nSPS) is 19.3. The topological polar surface area (TPSA) is 84.9 Å². The molecule has 0 saturated carbocycles. The van der Waals surface area contributed by atoms with Crippen molar-refractivity contribution < 1.29 is 22.7 Å². The lowest BCUT2D eigenvalue weighted by molar-refractivity contribution is -0.122. The van der Waals surface area contributed by atoms with E-state index in [9.17, 15) is 13.2 Å². The molecule has 1 unspecified atom stereocenters. The molecule has 2 aliphatic heterocycles. The molecule has 0 spiro atoms. The average molecular weight is 416 g/mol. The molecule has 29 heavy (non-hydrogen) atoms. The summed E-state index contributed by atoms with van der Waals surface area (Å²) in [5.41, 5.74) is 1.29. The van der Waals surface area contributed by atoms with Gasteiger partial charge in [-0.25, -0.2) is 8.42 Å². The van der Waals surface area contributed by atoms with Gasteiger partial charge in [0.05, 0.1) is 17.7 Å². The number of rotatable bonds is 5. The van der Waals surface area contributed by atoms with Crippen LogP contribution in [0.25, 0.3) is 0 Å². The third-order valence-electron chi connectivity index (χ3n) is 5.32. The van der Waals surface area contributed by atoms with Crippen molar-refractivity contribution in [3.63, 3.8) is 0 Å². The predicted octanol–water partition coefficient (Wildman–Crippen LogP) is 2.81. The molecule has 1 saturated heterocycles. The minimum absolute atomic E-state index is 0.145. The standard InChI is InChI=1S/C21H24N2O5S/c1-27-19-10-9-16(29(25,26)23-11-5-2-6-12-23)14-17(19)22-21(24)20-13-15-7-3-4-8-18(15)28-20/h3-4,7-10,14,20H,2,5-6,11-13H2,1H3,(H,22,24). The number of benzene rings is 2. The van der Waals surface area contributed by atoms with Crippen molar-refractivity contribution in [3.05, 3.63) is 48.0 Å². The average Bonchev–Trinajstić information content (AvgIpc) is 3.19. The van der Waals surface area contributed by atoms with E-state index in [0.29, 0.717) is 36.7 Å². The molecule has 2 heterocycles. The van der Waals surface area contributed by atoms with Crippen LogP contribution in [0.4, 0.5) is 5.69 Å². The number of nitrogens with zero attached hydrogens (tertiary/aromatic N) is 1. The summed E-state index contributed by atoms with van der Waals surface area (Å²) < 4.78 is 38.5. The summed E-state index contributed by atoms with van der Waals surface area (Å²) >= 11 is 0. The second kappa shape index (κ2) is 8.04. The molecule has 1 N–H and O–H groups in total. The van der Waals surface area contributed by atoms with Crippen LogP contribution in [0.2, 0.25) is 0 Å². The summed E-state index contributed by atoms with van der Waals surface area (Å²) in [4.78, 5) is 12.9. The fourth-order valence-electron chi connectivity index (χ4n) is 3.74. The molecular formula is C21H24N2O5S. The van der Waals surface area contributed by atoms with Crippen LogP contribution in [0.5, 0.6) is 11.5 Å². The lowest BCUT2D eigenvalue weighted by Gasteiger charge is -2.26. The quantitative estimate of drug-likeness (QED) is 0.810. The van der Waals surface area contributed by atoms with Gasteiger partial charge >= 0.3 is 0 Å². The van der Waals surface area contributed by atoms with E-state index in [1.165, 1.54) is 23.5 Å². The molecule has 154 valence electrons. The number of sulfonamides is 1. The van der Waals surface area contributed by atoms with Crippen LogP contribution in [0.3, 0.4) is 0 Å². The van der Waals surface area contributed by atoms with Crippen molar-refractivity contribution in [2.24, 2.45) is 0 Å². The van der Waals surface area contributed by atoms with Crippen LogP contribution >= 0.6 is 0 Å². The maximum Gasteiger partial charge on any atom is 0.265 e. The zero-order valence-corrected chi connectivity index (χ0v) is 17.1. The SMILES string of the molecule is COc1ccc(S(=O)(=O)N2CCCCC2)cc1NC(=O)C1Cc2ccccc2O1. The van der Waals surface area contributed by atoms with Crippen molar-refractivity contribution in [2.45, 2.75) is 36.7 Å². The molecule has 8 heteroatoms. The summed E-state index contributed by atoms with van der Waals surface area (Å²) in [6, 6.07) is 12.1. The number of anilines is 1. The van der Waals surface area contributed by atoms with Gasteiger partial charge in [0.15, 0.2) is 6.10 Å². The fraction of sp³-hybridized carbons (Fsp3) is 0.381. The Kier molecular flexibility index (Phi) is 5.47. The third-order valence-corrected chi connectivity index (χ3v) is 7.22. The number of carbonyl (C=O) groups excluding carboxylic acids is 1. The number of hydrogen-bond donors (Lipinski definition) is 1. The Balaban J connectivity index is 1.55. The first-order valence-corrected chi connectivity index (χ1v) is 11.2. The van der Waals surface area contributed by atoms with E-state index in [-0.39, 0.29) is 10.8 Å². The maximum atomic E-state index is 13.0. The van der Waals surface area contributed by atoms with Gasteiger partial charge in [0.1, 0.15) is 11.5 Å². The monoisotopic (exact) mass is 416 g/mol. The van der Waals surface area contributed by atoms with Gasteiger partial charge in [-0.2, -0.15) is 4.31 Å². The summed E-state index contributed by atoms with van der Waals surface area (Å²) in [5, 5.41) is 2.78. The molecule has 2 aromatic rings. The molecule has 1 fully saturated rings. The Hall–Kier alpha value is -2.58. The number of ether oxygens (including phenoxy) is 2. The molecule has 0 aliphatic carbocycles. The van der Waals surface area contributed by atoms with Gasteiger partial charge in [-0.15, -0.1) is 0 Å². The molecule has 2 aliphatic rings. The highest BCUT2D eigenvalue weighted by molar-refractivity contribution is 7.89. The van der Waals surface area contributed by atoms with Crippen LogP contribution in [0, 0.1) is 0 Å². The number of fused-ring (bicyclic) bond motifs is 1. The lowest BCUT2D eigenvalue weighted by atomic mass is 10.1. The Morgan fingerprint density at radius 3 is 2.62 bits per heavy atom. The first-order chi connectivity index (χ1) is 14.0. The number of nitrogens with one attached hydrogen (secondary N) is 1. The second-order valence-corrected chi connectivity index (χ2v) is 9.17. The molecule has 0 aromatic heterocycles. The minimum atomic E-state index is -3.61. The summed E-state index contributed by atoms with van der Waals surface area (Å²) in [5.74, 6) is 0.750. The van der Waals surface area contributed by atoms with Crippen LogP contribution in [0.15, 0.2) is 47.4 Å². The van der Waals surface area contributed by atoms with E-state index in [4.69, 9.17) is 9.47 Å². The highest BCUT2D eigenvalue weighted by atomic mass is 32.2.